The average molecular weight is 400 g/mol. The van der Waals surface area contributed by atoms with E-state index in [4.69, 9.17) is 5.11 Å². The number of unbranched alkanes of at least 4 members (excludes halogenated alkanes) is 1. The number of aliphatic carboxylic acids is 1. The number of thiophene rings is 1. The predicted octanol–water partition coefficient (Wildman–Crippen LogP) is 5.89. The maximum Gasteiger partial charge on any atom is 0.303 e. The van der Waals surface area contributed by atoms with E-state index >= 15 is 0 Å². The summed E-state index contributed by atoms with van der Waals surface area (Å²) >= 11 is 1.45. The summed E-state index contributed by atoms with van der Waals surface area (Å²) in [5, 5.41) is 10.6. The number of allylic oxidation sites excluding steroid dienone is 1. The van der Waals surface area contributed by atoms with Gasteiger partial charge in [-0.15, -0.1) is 11.3 Å². The summed E-state index contributed by atoms with van der Waals surface area (Å²) < 4.78 is 0. The molecule has 2 rings (SSSR count). The topological polar surface area (TPSA) is 57.6 Å². The molecule has 0 aliphatic carbocycles. The van der Waals surface area contributed by atoms with Crippen LogP contribution in [0.25, 0.3) is 0 Å². The van der Waals surface area contributed by atoms with Crippen molar-refractivity contribution in [2.45, 2.75) is 51.9 Å². The van der Waals surface area contributed by atoms with Crippen LogP contribution in [-0.4, -0.2) is 23.5 Å². The van der Waals surface area contributed by atoms with Gasteiger partial charge in [0.05, 0.1) is 4.88 Å². The number of carbonyl (C=O) groups excluding carboxylic acids is 1. The normalized spacial score (nSPS) is 11.7. The molecule has 1 N–H and O–H groups in total. The number of hydrogen-bond donors (Lipinski definition) is 1. The molecule has 0 saturated carbocycles. The van der Waals surface area contributed by atoms with Gasteiger partial charge in [0, 0.05) is 18.7 Å². The van der Waals surface area contributed by atoms with Crippen LogP contribution < -0.4 is 4.90 Å². The zero-order chi connectivity index (χ0) is 20.6. The van der Waals surface area contributed by atoms with E-state index in [1.165, 1.54) is 16.9 Å². The minimum absolute atomic E-state index is 0.0118. The third-order valence-electron chi connectivity index (χ3n) is 4.47. The second-order valence-electron chi connectivity index (χ2n) is 7.78. The molecule has 4 nitrogen and oxygen atoms in total. The zero-order valence-electron chi connectivity index (χ0n) is 16.9. The lowest BCUT2D eigenvalue weighted by molar-refractivity contribution is -0.137. The van der Waals surface area contributed by atoms with Crippen molar-refractivity contribution in [3.05, 3.63) is 64.4 Å². The summed E-state index contributed by atoms with van der Waals surface area (Å²) in [7, 11) is 0. The van der Waals surface area contributed by atoms with E-state index in [-0.39, 0.29) is 17.7 Å². The van der Waals surface area contributed by atoms with Gasteiger partial charge in [-0.25, -0.2) is 0 Å². The number of amides is 1. The highest BCUT2D eigenvalue weighted by molar-refractivity contribution is 7.12. The molecule has 0 bridgehead atoms. The highest BCUT2D eigenvalue weighted by Gasteiger charge is 2.19. The molecule has 0 unspecified atom stereocenters. The molecule has 28 heavy (non-hydrogen) atoms. The van der Waals surface area contributed by atoms with Gasteiger partial charge in [0.2, 0.25) is 0 Å². The van der Waals surface area contributed by atoms with Crippen molar-refractivity contribution in [1.29, 1.82) is 0 Å². The second-order valence-corrected chi connectivity index (χ2v) is 8.72. The predicted molar refractivity (Wildman–Crippen MR) is 116 cm³/mol. The number of hydrogen-bond acceptors (Lipinski definition) is 3. The Hall–Kier alpha value is -2.40. The molecule has 0 spiro atoms. The molecule has 150 valence electrons. The quantitative estimate of drug-likeness (QED) is 0.422. The molecule has 1 aromatic heterocycles. The van der Waals surface area contributed by atoms with Crippen molar-refractivity contribution in [2.24, 2.45) is 0 Å². The maximum absolute atomic E-state index is 13.0. The Kier molecular flexibility index (Phi) is 8.00. The molecule has 2 aromatic rings. The Balaban J connectivity index is 2.06. The van der Waals surface area contributed by atoms with Gasteiger partial charge in [-0.1, -0.05) is 51.1 Å². The first-order chi connectivity index (χ1) is 13.3. The number of carbonyl (C=O) groups is 2. The maximum atomic E-state index is 13.0. The van der Waals surface area contributed by atoms with Crippen LogP contribution >= 0.6 is 11.3 Å². The van der Waals surface area contributed by atoms with Crippen LogP contribution in [0.1, 0.15) is 61.7 Å². The van der Waals surface area contributed by atoms with Gasteiger partial charge >= 0.3 is 5.97 Å². The Bertz CT molecular complexity index is 786. The first kappa shape index (κ1) is 21.9. The Morgan fingerprint density at radius 2 is 1.75 bits per heavy atom. The number of anilines is 1. The van der Waals surface area contributed by atoms with Crippen molar-refractivity contribution < 1.29 is 14.7 Å². The average Bonchev–Trinajstić information content (AvgIpc) is 3.17. The minimum atomic E-state index is -0.764. The van der Waals surface area contributed by atoms with Crippen LogP contribution in [-0.2, 0) is 10.2 Å². The van der Waals surface area contributed by atoms with Gasteiger partial charge in [-0.2, -0.15) is 0 Å². The summed E-state index contributed by atoms with van der Waals surface area (Å²) in [6, 6.07) is 12.0. The number of benzene rings is 1. The van der Waals surface area contributed by atoms with Gasteiger partial charge in [0.25, 0.3) is 5.91 Å². The SMILES string of the molecule is CC(C)(C)c1ccc(N(CC/C=C\CCCC(=O)O)C(=O)c2cccs2)cc1. The second kappa shape index (κ2) is 10.2. The summed E-state index contributed by atoms with van der Waals surface area (Å²) in [5.41, 5.74) is 2.20. The lowest BCUT2D eigenvalue weighted by Crippen LogP contribution is -2.31. The Morgan fingerprint density at radius 3 is 2.32 bits per heavy atom. The van der Waals surface area contributed by atoms with Gasteiger partial charge in [-0.3, -0.25) is 9.59 Å². The van der Waals surface area contributed by atoms with E-state index in [0.29, 0.717) is 13.0 Å². The van der Waals surface area contributed by atoms with E-state index in [2.05, 4.69) is 32.9 Å². The van der Waals surface area contributed by atoms with Crippen LogP contribution in [0.3, 0.4) is 0 Å². The van der Waals surface area contributed by atoms with Crippen LogP contribution in [0.2, 0.25) is 0 Å². The molecule has 0 fully saturated rings. The fraction of sp³-hybridized carbons (Fsp3) is 0.391. The molecule has 1 heterocycles. The van der Waals surface area contributed by atoms with Crippen LogP contribution in [0.4, 0.5) is 5.69 Å². The highest BCUT2D eigenvalue weighted by Crippen LogP contribution is 2.26. The third kappa shape index (κ3) is 6.64. The largest absolute Gasteiger partial charge is 0.481 e. The van der Waals surface area contributed by atoms with Crippen molar-refractivity contribution in [3.63, 3.8) is 0 Å². The molecular formula is C23H29NO3S. The lowest BCUT2D eigenvalue weighted by Gasteiger charge is -2.24. The number of nitrogens with zero attached hydrogens (tertiary/aromatic N) is 1. The van der Waals surface area contributed by atoms with E-state index in [9.17, 15) is 9.59 Å². The smallest absolute Gasteiger partial charge is 0.303 e. The first-order valence-electron chi connectivity index (χ1n) is 9.62. The molecule has 0 atom stereocenters. The van der Waals surface area contributed by atoms with Gasteiger partial charge in [0.15, 0.2) is 0 Å². The Labute approximate surface area is 171 Å². The van der Waals surface area contributed by atoms with Crippen molar-refractivity contribution in [2.75, 3.05) is 11.4 Å². The zero-order valence-corrected chi connectivity index (χ0v) is 17.7. The van der Waals surface area contributed by atoms with E-state index < -0.39 is 5.97 Å². The van der Waals surface area contributed by atoms with Gasteiger partial charge in [0.1, 0.15) is 0 Å². The lowest BCUT2D eigenvalue weighted by atomic mass is 9.87. The van der Waals surface area contributed by atoms with Gasteiger partial charge < -0.3 is 10.0 Å². The number of carboxylic acids is 1. The number of carboxylic acid groups (broad SMARTS) is 1. The number of rotatable bonds is 9. The van der Waals surface area contributed by atoms with Crippen LogP contribution in [0.15, 0.2) is 53.9 Å². The molecule has 0 radical (unpaired) electrons. The molecule has 5 heteroatoms. The van der Waals surface area contributed by atoms with Crippen molar-refractivity contribution >= 4 is 28.9 Å². The van der Waals surface area contributed by atoms with Crippen molar-refractivity contribution in [3.8, 4) is 0 Å². The molecular weight excluding hydrogens is 370 g/mol. The first-order valence-corrected chi connectivity index (χ1v) is 10.5. The fourth-order valence-electron chi connectivity index (χ4n) is 2.83. The molecule has 1 amide bonds. The van der Waals surface area contributed by atoms with E-state index in [0.717, 1.165) is 23.4 Å². The molecule has 1 aromatic carbocycles. The van der Waals surface area contributed by atoms with E-state index in [1.807, 2.05) is 46.7 Å². The van der Waals surface area contributed by atoms with Crippen LogP contribution in [0.5, 0.6) is 0 Å². The molecule has 0 aliphatic heterocycles. The summed E-state index contributed by atoms with van der Waals surface area (Å²) in [5.74, 6) is -0.752. The molecule has 0 aliphatic rings. The summed E-state index contributed by atoms with van der Waals surface area (Å²) in [6.45, 7) is 7.10. The van der Waals surface area contributed by atoms with Crippen LogP contribution in [0, 0.1) is 0 Å². The molecule has 0 saturated heterocycles. The monoisotopic (exact) mass is 399 g/mol. The summed E-state index contributed by atoms with van der Waals surface area (Å²) in [6.07, 6.45) is 6.32. The fourth-order valence-corrected chi connectivity index (χ4v) is 3.50. The van der Waals surface area contributed by atoms with Gasteiger partial charge in [-0.05, 0) is 53.8 Å². The third-order valence-corrected chi connectivity index (χ3v) is 5.33. The van der Waals surface area contributed by atoms with Crippen molar-refractivity contribution in [1.82, 2.24) is 0 Å². The van der Waals surface area contributed by atoms with E-state index in [1.54, 1.807) is 0 Å². The minimum Gasteiger partial charge on any atom is -0.481 e. The Morgan fingerprint density at radius 1 is 1.07 bits per heavy atom. The standard InChI is InChI=1S/C23H29NO3S/c1-23(2,3)18-12-14-19(15-13-18)24(22(27)20-10-9-17-28-20)16-8-6-4-5-7-11-21(25)26/h4,6,9-10,12-15,17H,5,7-8,11,16H2,1-3H3,(H,25,26)/b6-4-. The summed E-state index contributed by atoms with van der Waals surface area (Å²) in [4.78, 5) is 26.1. The highest BCUT2D eigenvalue weighted by atomic mass is 32.1.